The minimum atomic E-state index is -2.07. The fourth-order valence-corrected chi connectivity index (χ4v) is 8.11. The van der Waals surface area contributed by atoms with E-state index in [1.165, 1.54) is 13.8 Å². The quantitative estimate of drug-likeness (QED) is 0.259. The topological polar surface area (TPSA) is 168 Å². The predicted octanol–water partition coefficient (Wildman–Crippen LogP) is -0.929. The summed E-state index contributed by atoms with van der Waals surface area (Å²) in [5.41, 5.74) is -8.76. The zero-order valence-electron chi connectivity index (χ0n) is 19.4. The summed E-state index contributed by atoms with van der Waals surface area (Å²) in [5, 5.41) is 80.8. The van der Waals surface area contributed by atoms with Crippen molar-refractivity contribution in [3.63, 3.8) is 0 Å². The molecule has 12 atom stereocenters. The molecule has 2 bridgehead atoms. The zero-order valence-corrected chi connectivity index (χ0v) is 19.4. The maximum Gasteiger partial charge on any atom is 0.305 e. The summed E-state index contributed by atoms with van der Waals surface area (Å²) in [6, 6.07) is 0. The molecule has 9 heteroatoms. The Morgan fingerprint density at radius 1 is 0.906 bits per heavy atom. The second-order valence-electron chi connectivity index (χ2n) is 11.6. The van der Waals surface area contributed by atoms with Crippen LogP contribution >= 0.6 is 0 Å². The van der Waals surface area contributed by atoms with Gasteiger partial charge in [0.2, 0.25) is 0 Å². The standard InChI is InChI=1S/C23H38O9/c1-6-14(25)32-17-16(27)22-11(8-7-10(15(22)26)20(4,29)18(22)28)21(5,30)12-9-13(24)19(2,3)23(12,17)31/h10-13,15-18,24,26-31H,6-9H2,1-5H3. The number of rotatable bonds is 2. The number of carbonyl (C=O) groups excluding carboxylic acids is 1. The first-order chi connectivity index (χ1) is 14.5. The molecule has 0 saturated heterocycles. The van der Waals surface area contributed by atoms with Gasteiger partial charge in [-0.15, -0.1) is 0 Å². The largest absolute Gasteiger partial charge is 0.456 e. The van der Waals surface area contributed by atoms with Crippen LogP contribution in [0, 0.1) is 28.6 Å². The van der Waals surface area contributed by atoms with Crippen molar-refractivity contribution >= 4 is 5.97 Å². The van der Waals surface area contributed by atoms with Gasteiger partial charge in [0.15, 0.2) is 6.10 Å². The third-order valence-electron chi connectivity index (χ3n) is 10.1. The maximum absolute atomic E-state index is 12.4. The third kappa shape index (κ3) is 2.46. The predicted molar refractivity (Wildman–Crippen MR) is 111 cm³/mol. The van der Waals surface area contributed by atoms with Gasteiger partial charge < -0.3 is 40.5 Å². The first-order valence-corrected chi connectivity index (χ1v) is 11.6. The Hall–Kier alpha value is -0.810. The summed E-state index contributed by atoms with van der Waals surface area (Å²) >= 11 is 0. The van der Waals surface area contributed by atoms with Crippen molar-refractivity contribution < 1.29 is 45.3 Å². The monoisotopic (exact) mass is 458 g/mol. The number of esters is 1. The molecular weight excluding hydrogens is 420 g/mol. The summed E-state index contributed by atoms with van der Waals surface area (Å²) in [5.74, 6) is -3.46. The van der Waals surface area contributed by atoms with Gasteiger partial charge in [0.05, 0.1) is 34.9 Å². The van der Waals surface area contributed by atoms with E-state index >= 15 is 0 Å². The summed E-state index contributed by atoms with van der Waals surface area (Å²) in [4.78, 5) is 12.4. The zero-order chi connectivity index (χ0) is 24.2. The van der Waals surface area contributed by atoms with E-state index in [-0.39, 0.29) is 25.7 Å². The molecule has 4 aliphatic carbocycles. The van der Waals surface area contributed by atoms with Crippen LogP contribution in [0.25, 0.3) is 0 Å². The minimum absolute atomic E-state index is 0.0258. The molecule has 184 valence electrons. The second-order valence-corrected chi connectivity index (χ2v) is 11.6. The Morgan fingerprint density at radius 2 is 1.50 bits per heavy atom. The Bertz CT molecular complexity index is 794. The van der Waals surface area contributed by atoms with Crippen molar-refractivity contribution in [2.24, 2.45) is 28.6 Å². The molecule has 32 heavy (non-hydrogen) atoms. The van der Waals surface area contributed by atoms with Gasteiger partial charge in [-0.1, -0.05) is 20.8 Å². The number of aliphatic hydroxyl groups excluding tert-OH is 4. The van der Waals surface area contributed by atoms with E-state index in [4.69, 9.17) is 4.74 Å². The molecule has 0 aliphatic heterocycles. The van der Waals surface area contributed by atoms with E-state index in [0.717, 1.165) is 0 Å². The van der Waals surface area contributed by atoms with Crippen molar-refractivity contribution in [1.29, 1.82) is 0 Å². The molecule has 4 rings (SSSR count). The van der Waals surface area contributed by atoms with E-state index in [2.05, 4.69) is 0 Å². The molecular formula is C23H38O9. The van der Waals surface area contributed by atoms with E-state index in [1.54, 1.807) is 20.8 Å². The van der Waals surface area contributed by atoms with E-state index in [9.17, 15) is 40.5 Å². The molecule has 0 aromatic heterocycles. The molecule has 0 heterocycles. The lowest BCUT2D eigenvalue weighted by Crippen LogP contribution is -2.66. The lowest BCUT2D eigenvalue weighted by molar-refractivity contribution is -0.245. The van der Waals surface area contributed by atoms with Crippen LogP contribution in [0.4, 0.5) is 0 Å². The van der Waals surface area contributed by atoms with E-state index < -0.39 is 81.9 Å². The molecule has 4 aliphatic rings. The molecule has 0 amide bonds. The van der Waals surface area contributed by atoms with Crippen molar-refractivity contribution in [2.75, 3.05) is 0 Å². The smallest absolute Gasteiger partial charge is 0.305 e. The number of hydrogen-bond donors (Lipinski definition) is 7. The van der Waals surface area contributed by atoms with Gasteiger partial charge in [-0.05, 0) is 33.1 Å². The molecule has 9 nitrogen and oxygen atoms in total. The molecule has 1 spiro atoms. The highest BCUT2D eigenvalue weighted by Gasteiger charge is 2.82. The first kappa shape index (κ1) is 24.3. The maximum atomic E-state index is 12.4. The van der Waals surface area contributed by atoms with Crippen LogP contribution < -0.4 is 0 Å². The molecule has 0 radical (unpaired) electrons. The van der Waals surface area contributed by atoms with Crippen molar-refractivity contribution in [3.05, 3.63) is 0 Å². The molecule has 4 fully saturated rings. The van der Waals surface area contributed by atoms with Crippen LogP contribution in [0.15, 0.2) is 0 Å². The van der Waals surface area contributed by atoms with Crippen LogP contribution in [-0.2, 0) is 9.53 Å². The molecule has 0 aromatic carbocycles. The minimum Gasteiger partial charge on any atom is -0.456 e. The van der Waals surface area contributed by atoms with E-state index in [1.807, 2.05) is 0 Å². The van der Waals surface area contributed by atoms with Gasteiger partial charge in [-0.2, -0.15) is 0 Å². The molecule has 7 N–H and O–H groups in total. The number of fused-ring (bicyclic) bond motifs is 2. The summed E-state index contributed by atoms with van der Waals surface area (Å²) in [6.07, 6.45) is -7.11. The highest BCUT2D eigenvalue weighted by Crippen LogP contribution is 2.70. The summed E-state index contributed by atoms with van der Waals surface area (Å²) in [6.45, 7) is 7.60. The van der Waals surface area contributed by atoms with Gasteiger partial charge in [0, 0.05) is 29.6 Å². The van der Waals surface area contributed by atoms with Crippen molar-refractivity contribution in [3.8, 4) is 0 Å². The van der Waals surface area contributed by atoms with Gasteiger partial charge >= 0.3 is 5.97 Å². The lowest BCUT2D eigenvalue weighted by atomic mass is 9.56. The van der Waals surface area contributed by atoms with Crippen LogP contribution in [0.1, 0.15) is 60.3 Å². The summed E-state index contributed by atoms with van der Waals surface area (Å²) < 4.78 is 5.62. The Balaban J connectivity index is 2.02. The SMILES string of the molecule is CCC(=O)OC1C(O)C23C(O)C(CCC2C(C)(O)C2CC(O)C(C)(C)C12O)C(C)(O)C3O. The fraction of sp³-hybridized carbons (Fsp3) is 0.957. The van der Waals surface area contributed by atoms with Crippen LogP contribution in [0.3, 0.4) is 0 Å². The normalized spacial score (nSPS) is 58.6. The van der Waals surface area contributed by atoms with Gasteiger partial charge in [0.1, 0.15) is 11.7 Å². The first-order valence-electron chi connectivity index (χ1n) is 11.6. The van der Waals surface area contributed by atoms with Crippen LogP contribution in [-0.4, -0.2) is 89.0 Å². The molecule has 0 aromatic rings. The third-order valence-corrected chi connectivity index (χ3v) is 10.1. The molecule has 4 saturated carbocycles. The second kappa shape index (κ2) is 6.87. The number of ether oxygens (including phenoxy) is 1. The summed E-state index contributed by atoms with van der Waals surface area (Å²) in [7, 11) is 0. The highest BCUT2D eigenvalue weighted by atomic mass is 16.6. The number of carbonyl (C=O) groups is 1. The average Bonchev–Trinajstić information content (AvgIpc) is 2.91. The Morgan fingerprint density at radius 3 is 2.06 bits per heavy atom. The lowest BCUT2D eigenvalue weighted by Gasteiger charge is -2.53. The average molecular weight is 459 g/mol. The number of hydrogen-bond acceptors (Lipinski definition) is 9. The van der Waals surface area contributed by atoms with Crippen LogP contribution in [0.2, 0.25) is 0 Å². The molecule has 12 unspecified atom stereocenters. The van der Waals surface area contributed by atoms with Gasteiger partial charge in [-0.3, -0.25) is 4.79 Å². The van der Waals surface area contributed by atoms with Crippen molar-refractivity contribution in [2.45, 2.75) is 108 Å². The fourth-order valence-electron chi connectivity index (χ4n) is 8.11. The Labute approximate surface area is 188 Å². The van der Waals surface area contributed by atoms with Crippen LogP contribution in [0.5, 0.6) is 0 Å². The highest BCUT2D eigenvalue weighted by molar-refractivity contribution is 5.69. The van der Waals surface area contributed by atoms with Gasteiger partial charge in [-0.25, -0.2) is 0 Å². The Kier molecular flexibility index (Phi) is 5.22. The van der Waals surface area contributed by atoms with Crippen molar-refractivity contribution in [1.82, 2.24) is 0 Å². The number of aliphatic hydroxyl groups is 7. The van der Waals surface area contributed by atoms with Gasteiger partial charge in [0.25, 0.3) is 0 Å². The van der Waals surface area contributed by atoms with E-state index in [0.29, 0.717) is 0 Å².